The Labute approximate surface area is 145 Å². The van der Waals surface area contributed by atoms with E-state index in [-0.39, 0.29) is 5.91 Å². The largest absolute Gasteiger partial charge is 0.318 e. The third kappa shape index (κ3) is 3.31. The Bertz CT molecular complexity index is 874. The molecule has 0 aliphatic rings. The van der Waals surface area contributed by atoms with E-state index in [9.17, 15) is 4.79 Å². The first-order valence-electron chi connectivity index (χ1n) is 7.69. The van der Waals surface area contributed by atoms with Crippen molar-refractivity contribution < 1.29 is 4.79 Å². The maximum atomic E-state index is 11.9. The molecule has 0 saturated carbocycles. The van der Waals surface area contributed by atoms with Crippen LogP contribution < -0.4 is 5.43 Å². The van der Waals surface area contributed by atoms with Gasteiger partial charge < -0.3 is 4.57 Å². The van der Waals surface area contributed by atoms with Gasteiger partial charge in [0.15, 0.2) is 0 Å². The SMILES string of the molecule is Cc1ccc(-n2c(C)cc(/C=N/NC(=O)c3cccs3)c2C)cc1. The Morgan fingerprint density at radius 1 is 1.17 bits per heavy atom. The molecule has 0 aliphatic carbocycles. The molecule has 2 heterocycles. The smallest absolute Gasteiger partial charge is 0.281 e. The molecule has 0 unspecified atom stereocenters. The van der Waals surface area contributed by atoms with Crippen molar-refractivity contribution in [2.75, 3.05) is 0 Å². The van der Waals surface area contributed by atoms with Crippen LogP contribution in [0.15, 0.2) is 52.9 Å². The molecule has 4 nitrogen and oxygen atoms in total. The Morgan fingerprint density at radius 2 is 1.92 bits per heavy atom. The van der Waals surface area contributed by atoms with Crippen LogP contribution in [0, 0.1) is 20.8 Å². The molecule has 3 aromatic rings. The van der Waals surface area contributed by atoms with E-state index in [1.807, 2.05) is 11.4 Å². The van der Waals surface area contributed by atoms with Crippen LogP contribution in [0.2, 0.25) is 0 Å². The molecule has 1 aromatic carbocycles. The van der Waals surface area contributed by atoms with E-state index in [1.54, 1.807) is 12.3 Å². The van der Waals surface area contributed by atoms with Crippen LogP contribution in [0.3, 0.4) is 0 Å². The number of thiophene rings is 1. The highest BCUT2D eigenvalue weighted by Gasteiger charge is 2.09. The second-order valence-corrected chi connectivity index (χ2v) is 6.62. The summed E-state index contributed by atoms with van der Waals surface area (Å²) < 4.78 is 2.18. The number of amides is 1. The third-order valence-electron chi connectivity index (χ3n) is 3.88. The van der Waals surface area contributed by atoms with Crippen molar-refractivity contribution in [1.82, 2.24) is 9.99 Å². The maximum Gasteiger partial charge on any atom is 0.281 e. The van der Waals surface area contributed by atoms with Gasteiger partial charge >= 0.3 is 0 Å². The topological polar surface area (TPSA) is 46.4 Å². The zero-order valence-electron chi connectivity index (χ0n) is 13.9. The molecule has 0 fully saturated rings. The number of hydrazone groups is 1. The van der Waals surface area contributed by atoms with E-state index in [0.717, 1.165) is 22.6 Å². The number of aromatic nitrogens is 1. The highest BCUT2D eigenvalue weighted by atomic mass is 32.1. The van der Waals surface area contributed by atoms with E-state index < -0.39 is 0 Å². The molecule has 3 rings (SSSR count). The fourth-order valence-electron chi connectivity index (χ4n) is 2.63. The number of nitrogens with one attached hydrogen (secondary N) is 1. The van der Waals surface area contributed by atoms with Gasteiger partial charge in [0.2, 0.25) is 0 Å². The normalized spacial score (nSPS) is 11.1. The Kier molecular flexibility index (Phi) is 4.62. The van der Waals surface area contributed by atoms with Gasteiger partial charge in [-0.2, -0.15) is 5.10 Å². The number of carbonyl (C=O) groups is 1. The third-order valence-corrected chi connectivity index (χ3v) is 4.75. The molecule has 0 atom stereocenters. The lowest BCUT2D eigenvalue weighted by Crippen LogP contribution is -2.16. The van der Waals surface area contributed by atoms with Crippen molar-refractivity contribution in [2.24, 2.45) is 5.10 Å². The van der Waals surface area contributed by atoms with Gasteiger partial charge in [0.05, 0.1) is 11.1 Å². The molecule has 0 radical (unpaired) electrons. The molecule has 0 spiro atoms. The lowest BCUT2D eigenvalue weighted by atomic mass is 10.2. The molecule has 0 bridgehead atoms. The lowest BCUT2D eigenvalue weighted by molar-refractivity contribution is 0.0959. The van der Waals surface area contributed by atoms with E-state index in [2.05, 4.69) is 66.2 Å². The quantitative estimate of drug-likeness (QED) is 0.562. The predicted octanol–water partition coefficient (Wildman–Crippen LogP) is 4.23. The van der Waals surface area contributed by atoms with Gasteiger partial charge in [-0.05, 0) is 50.4 Å². The second-order valence-electron chi connectivity index (χ2n) is 5.67. The van der Waals surface area contributed by atoms with Gasteiger partial charge in [-0.25, -0.2) is 5.43 Å². The van der Waals surface area contributed by atoms with E-state index in [0.29, 0.717) is 4.88 Å². The summed E-state index contributed by atoms with van der Waals surface area (Å²) in [5.41, 5.74) is 8.13. The average molecular weight is 337 g/mol. The van der Waals surface area contributed by atoms with Crippen molar-refractivity contribution in [3.63, 3.8) is 0 Å². The highest BCUT2D eigenvalue weighted by molar-refractivity contribution is 7.12. The molecule has 122 valence electrons. The van der Waals surface area contributed by atoms with Gasteiger partial charge in [0.25, 0.3) is 5.91 Å². The Balaban J connectivity index is 1.80. The zero-order valence-corrected chi connectivity index (χ0v) is 14.7. The van der Waals surface area contributed by atoms with E-state index >= 15 is 0 Å². The van der Waals surface area contributed by atoms with E-state index in [4.69, 9.17) is 0 Å². The van der Waals surface area contributed by atoms with Crippen LogP contribution in [0.25, 0.3) is 5.69 Å². The van der Waals surface area contributed by atoms with Crippen molar-refractivity contribution in [3.05, 3.63) is 75.2 Å². The van der Waals surface area contributed by atoms with E-state index in [1.165, 1.54) is 16.9 Å². The minimum absolute atomic E-state index is 0.186. The van der Waals surface area contributed by atoms with Gasteiger partial charge in [0, 0.05) is 22.6 Å². The van der Waals surface area contributed by atoms with Crippen LogP contribution in [0.5, 0.6) is 0 Å². The summed E-state index contributed by atoms with van der Waals surface area (Å²) in [6.45, 7) is 6.19. The predicted molar refractivity (Wildman–Crippen MR) is 99.4 cm³/mol. The van der Waals surface area contributed by atoms with Gasteiger partial charge in [-0.1, -0.05) is 23.8 Å². The number of aryl methyl sites for hydroxylation is 2. The van der Waals surface area contributed by atoms with Crippen LogP contribution in [-0.2, 0) is 0 Å². The zero-order chi connectivity index (χ0) is 17.1. The van der Waals surface area contributed by atoms with Gasteiger partial charge in [0.1, 0.15) is 0 Å². The second kappa shape index (κ2) is 6.84. The number of rotatable bonds is 4. The van der Waals surface area contributed by atoms with Gasteiger partial charge in [-0.15, -0.1) is 11.3 Å². The molecule has 24 heavy (non-hydrogen) atoms. The number of benzene rings is 1. The first-order chi connectivity index (χ1) is 11.6. The standard InChI is InChI=1S/C19H19N3OS/c1-13-6-8-17(9-7-13)22-14(2)11-16(15(22)3)12-20-21-19(23)18-5-4-10-24-18/h4-12H,1-3H3,(H,21,23)/b20-12+. The van der Waals surface area contributed by atoms with Crippen LogP contribution >= 0.6 is 11.3 Å². The minimum atomic E-state index is -0.186. The van der Waals surface area contributed by atoms with Crippen molar-refractivity contribution in [3.8, 4) is 5.69 Å². The van der Waals surface area contributed by atoms with Crippen molar-refractivity contribution in [2.45, 2.75) is 20.8 Å². The lowest BCUT2D eigenvalue weighted by Gasteiger charge is -2.09. The van der Waals surface area contributed by atoms with Gasteiger partial charge in [-0.3, -0.25) is 4.79 Å². The number of nitrogens with zero attached hydrogens (tertiary/aromatic N) is 2. The Hall–Kier alpha value is -2.66. The number of hydrogen-bond donors (Lipinski definition) is 1. The summed E-state index contributed by atoms with van der Waals surface area (Å²) in [5, 5.41) is 5.96. The van der Waals surface area contributed by atoms with Crippen molar-refractivity contribution in [1.29, 1.82) is 0 Å². The minimum Gasteiger partial charge on any atom is -0.318 e. The van der Waals surface area contributed by atoms with Crippen LogP contribution in [-0.4, -0.2) is 16.7 Å². The van der Waals surface area contributed by atoms with Crippen LogP contribution in [0.4, 0.5) is 0 Å². The monoisotopic (exact) mass is 337 g/mol. The number of hydrogen-bond acceptors (Lipinski definition) is 3. The first-order valence-corrected chi connectivity index (χ1v) is 8.57. The van der Waals surface area contributed by atoms with Crippen molar-refractivity contribution >= 4 is 23.5 Å². The summed E-state index contributed by atoms with van der Waals surface area (Å²) >= 11 is 1.40. The molecule has 1 N–H and O–H groups in total. The summed E-state index contributed by atoms with van der Waals surface area (Å²) in [7, 11) is 0. The summed E-state index contributed by atoms with van der Waals surface area (Å²) in [6.07, 6.45) is 1.69. The molecule has 5 heteroatoms. The molecular formula is C19H19N3OS. The summed E-state index contributed by atoms with van der Waals surface area (Å²) in [6, 6.07) is 14.1. The molecule has 0 aliphatic heterocycles. The molecule has 0 saturated heterocycles. The highest BCUT2D eigenvalue weighted by Crippen LogP contribution is 2.20. The Morgan fingerprint density at radius 3 is 2.58 bits per heavy atom. The first kappa shape index (κ1) is 16.2. The maximum absolute atomic E-state index is 11.9. The summed E-state index contributed by atoms with van der Waals surface area (Å²) in [5.74, 6) is -0.186. The molecular weight excluding hydrogens is 318 g/mol. The molecule has 1 amide bonds. The number of carbonyl (C=O) groups excluding carboxylic acids is 1. The summed E-state index contributed by atoms with van der Waals surface area (Å²) in [4.78, 5) is 12.5. The van der Waals surface area contributed by atoms with Crippen LogP contribution in [0.1, 0.15) is 32.2 Å². The average Bonchev–Trinajstić information content (AvgIpc) is 3.18. The fourth-order valence-corrected chi connectivity index (χ4v) is 3.25. The molecule has 2 aromatic heterocycles. The fraction of sp³-hybridized carbons (Fsp3) is 0.158.